The Hall–Kier alpha value is -6.24. The van der Waals surface area contributed by atoms with E-state index in [2.05, 4.69) is 182 Å². The van der Waals surface area contributed by atoms with Gasteiger partial charge in [0.15, 0.2) is 0 Å². The topological polar surface area (TPSA) is 0 Å². The first-order valence-electron chi connectivity index (χ1n) is 17.6. The summed E-state index contributed by atoms with van der Waals surface area (Å²) < 4.78 is 0. The molecule has 0 aliphatic heterocycles. The molecule has 0 heteroatoms. The lowest BCUT2D eigenvalue weighted by Gasteiger charge is -2.19. The molecular formula is C50H34. The van der Waals surface area contributed by atoms with E-state index in [-0.39, 0.29) is 0 Å². The van der Waals surface area contributed by atoms with Crippen LogP contribution in [0.15, 0.2) is 170 Å². The molecule has 0 saturated heterocycles. The van der Waals surface area contributed by atoms with Crippen LogP contribution in [-0.2, 0) is 0 Å². The molecule has 1 aliphatic carbocycles. The molecule has 1 aliphatic rings. The Morgan fingerprint density at radius 3 is 1.32 bits per heavy atom. The third-order valence-electron chi connectivity index (χ3n) is 10.6. The van der Waals surface area contributed by atoms with Gasteiger partial charge in [-0.3, -0.25) is 0 Å². The third-order valence-corrected chi connectivity index (χ3v) is 10.6. The molecule has 0 fully saturated rings. The van der Waals surface area contributed by atoms with Crippen LogP contribution in [0.4, 0.5) is 0 Å². The van der Waals surface area contributed by atoms with Crippen molar-refractivity contribution in [2.24, 2.45) is 0 Å². The summed E-state index contributed by atoms with van der Waals surface area (Å²) >= 11 is 0. The van der Waals surface area contributed by atoms with Crippen LogP contribution in [0.25, 0.3) is 99.7 Å². The van der Waals surface area contributed by atoms with Crippen LogP contribution in [0.3, 0.4) is 0 Å². The van der Waals surface area contributed by atoms with Crippen molar-refractivity contribution in [3.63, 3.8) is 0 Å². The maximum absolute atomic E-state index is 2.43. The largest absolute Gasteiger partial charge is 0.0764 e. The van der Waals surface area contributed by atoms with Gasteiger partial charge in [0.1, 0.15) is 0 Å². The second-order valence-electron chi connectivity index (χ2n) is 13.6. The second-order valence-corrected chi connectivity index (χ2v) is 13.6. The van der Waals surface area contributed by atoms with Gasteiger partial charge >= 0.3 is 0 Å². The van der Waals surface area contributed by atoms with E-state index in [1.54, 1.807) is 0 Å². The molecule has 0 atom stereocenters. The number of fused-ring (bicyclic) bond motifs is 5. The number of rotatable bonds is 4. The molecule has 9 aromatic rings. The zero-order valence-corrected chi connectivity index (χ0v) is 27.7. The molecule has 0 amide bonds. The highest BCUT2D eigenvalue weighted by Crippen LogP contribution is 2.45. The number of hydrogen-bond acceptors (Lipinski definition) is 0. The van der Waals surface area contributed by atoms with E-state index in [1.807, 2.05) is 0 Å². The fourth-order valence-corrected chi connectivity index (χ4v) is 8.12. The minimum atomic E-state index is 1.12. The molecule has 234 valence electrons. The average molecular weight is 635 g/mol. The fourth-order valence-electron chi connectivity index (χ4n) is 8.12. The van der Waals surface area contributed by atoms with E-state index in [0.29, 0.717) is 0 Å². The molecule has 10 rings (SSSR count). The minimum Gasteiger partial charge on any atom is -0.0764 e. The summed E-state index contributed by atoms with van der Waals surface area (Å²) in [6.45, 7) is 0. The summed E-state index contributed by atoms with van der Waals surface area (Å²) in [4.78, 5) is 0. The maximum Gasteiger partial charge on any atom is -0.00259 e. The minimum absolute atomic E-state index is 1.12. The van der Waals surface area contributed by atoms with Crippen molar-refractivity contribution >= 4 is 55.2 Å². The van der Waals surface area contributed by atoms with Gasteiger partial charge in [-0.1, -0.05) is 158 Å². The third kappa shape index (κ3) is 4.84. The van der Waals surface area contributed by atoms with Gasteiger partial charge in [-0.2, -0.15) is 0 Å². The van der Waals surface area contributed by atoms with Crippen LogP contribution < -0.4 is 10.4 Å². The molecule has 0 N–H and O–H groups in total. The summed E-state index contributed by atoms with van der Waals surface area (Å²) in [5.41, 5.74) is 10.0. The fraction of sp³-hybridized carbons (Fsp3) is 0.0400. The van der Waals surface area contributed by atoms with E-state index >= 15 is 0 Å². The predicted molar refractivity (Wildman–Crippen MR) is 216 cm³/mol. The van der Waals surface area contributed by atoms with E-state index in [1.165, 1.54) is 98.0 Å². The summed E-state index contributed by atoms with van der Waals surface area (Å²) in [6, 6.07) is 63.2. The van der Waals surface area contributed by atoms with Crippen molar-refractivity contribution in [2.75, 3.05) is 0 Å². The molecule has 0 radical (unpaired) electrons. The summed E-state index contributed by atoms with van der Waals surface area (Å²) in [7, 11) is 0. The SMILES string of the molecule is C1=c2ccc(-c3ccc(-c4ccc5c(-c6ccc7ccccc7c6)c6ccccc6c(-c6ccc7ccccc7c6)c5c4)cc3)cc2=CCC1. The Bertz CT molecular complexity index is 2910. The maximum atomic E-state index is 2.43. The van der Waals surface area contributed by atoms with Gasteiger partial charge in [0.05, 0.1) is 0 Å². The van der Waals surface area contributed by atoms with Gasteiger partial charge in [-0.25, -0.2) is 0 Å². The van der Waals surface area contributed by atoms with Gasteiger partial charge in [0, 0.05) is 0 Å². The van der Waals surface area contributed by atoms with Crippen molar-refractivity contribution in [2.45, 2.75) is 12.8 Å². The van der Waals surface area contributed by atoms with E-state index in [0.717, 1.165) is 12.8 Å². The predicted octanol–water partition coefficient (Wildman–Crippen LogP) is 12.3. The highest BCUT2D eigenvalue weighted by molar-refractivity contribution is 6.22. The van der Waals surface area contributed by atoms with Gasteiger partial charge in [-0.15, -0.1) is 0 Å². The standard InChI is InChI=1S/C50H34/c1-4-12-38-29-41(24-21-33(38)9-1)36-17-19-37(20-18-36)42-27-28-47-48(32-42)50(44-26-23-35-11-3-6-14-40(35)31-44)46-16-8-7-15-45(46)49(47)43-25-22-34-10-2-5-13-39(34)30-43/h2-3,5-32H,1,4H2. The van der Waals surface area contributed by atoms with E-state index in [9.17, 15) is 0 Å². The average Bonchev–Trinajstić information content (AvgIpc) is 3.19. The molecule has 0 saturated carbocycles. The van der Waals surface area contributed by atoms with Gasteiger partial charge < -0.3 is 0 Å². The monoisotopic (exact) mass is 634 g/mol. The Kier molecular flexibility index (Phi) is 6.74. The Morgan fingerprint density at radius 2 is 0.700 bits per heavy atom. The smallest absolute Gasteiger partial charge is 0.00259 e. The molecule has 9 aromatic carbocycles. The summed E-state index contributed by atoms with van der Waals surface area (Å²) in [5, 5.41) is 12.8. The molecule has 0 unspecified atom stereocenters. The Balaban J connectivity index is 1.20. The van der Waals surface area contributed by atoms with Crippen molar-refractivity contribution in [1.29, 1.82) is 0 Å². The molecule has 0 heterocycles. The van der Waals surface area contributed by atoms with E-state index < -0.39 is 0 Å². The van der Waals surface area contributed by atoms with Crippen LogP contribution >= 0.6 is 0 Å². The van der Waals surface area contributed by atoms with Crippen LogP contribution in [0, 0.1) is 0 Å². The van der Waals surface area contributed by atoms with Gasteiger partial charge in [0.2, 0.25) is 0 Å². The van der Waals surface area contributed by atoms with E-state index in [4.69, 9.17) is 0 Å². The Morgan fingerprint density at radius 1 is 0.260 bits per heavy atom. The first-order valence-corrected chi connectivity index (χ1v) is 17.6. The van der Waals surface area contributed by atoms with Crippen LogP contribution in [-0.4, -0.2) is 0 Å². The van der Waals surface area contributed by atoms with Crippen molar-refractivity contribution in [3.8, 4) is 44.5 Å². The second kappa shape index (κ2) is 11.7. The molecule has 0 nitrogen and oxygen atoms in total. The lowest BCUT2D eigenvalue weighted by Crippen LogP contribution is -2.26. The lowest BCUT2D eigenvalue weighted by molar-refractivity contribution is 1.12. The lowest BCUT2D eigenvalue weighted by atomic mass is 9.84. The first kappa shape index (κ1) is 28.7. The highest BCUT2D eigenvalue weighted by atomic mass is 14.2. The Labute approximate surface area is 291 Å². The quantitative estimate of drug-likeness (QED) is 0.169. The molecular weight excluding hydrogens is 601 g/mol. The van der Waals surface area contributed by atoms with Crippen LogP contribution in [0.5, 0.6) is 0 Å². The summed E-state index contributed by atoms with van der Waals surface area (Å²) in [6.07, 6.45) is 6.97. The van der Waals surface area contributed by atoms with Gasteiger partial charge in [0.25, 0.3) is 0 Å². The molecule has 50 heavy (non-hydrogen) atoms. The normalized spacial score (nSPS) is 12.6. The molecule has 0 aromatic heterocycles. The van der Waals surface area contributed by atoms with Crippen molar-refractivity contribution in [3.05, 3.63) is 180 Å². The zero-order valence-electron chi connectivity index (χ0n) is 27.7. The van der Waals surface area contributed by atoms with Crippen LogP contribution in [0.2, 0.25) is 0 Å². The zero-order chi connectivity index (χ0) is 33.0. The molecule has 0 spiro atoms. The number of hydrogen-bond donors (Lipinski definition) is 0. The summed E-state index contributed by atoms with van der Waals surface area (Å²) in [5.74, 6) is 0. The van der Waals surface area contributed by atoms with Gasteiger partial charge in [-0.05, 0) is 135 Å². The van der Waals surface area contributed by atoms with Crippen LogP contribution in [0.1, 0.15) is 12.8 Å². The highest BCUT2D eigenvalue weighted by Gasteiger charge is 2.18. The van der Waals surface area contributed by atoms with Crippen molar-refractivity contribution < 1.29 is 0 Å². The molecule has 0 bridgehead atoms. The van der Waals surface area contributed by atoms with Crippen molar-refractivity contribution in [1.82, 2.24) is 0 Å². The first-order chi connectivity index (χ1) is 24.8. The number of benzene rings is 9.